The molecule has 0 amide bonds. The highest BCUT2D eigenvalue weighted by atomic mass is 35.5. The van der Waals surface area contributed by atoms with Gasteiger partial charge in [0, 0.05) is 36.9 Å². The van der Waals surface area contributed by atoms with E-state index in [0.717, 1.165) is 38.0 Å². The van der Waals surface area contributed by atoms with E-state index in [9.17, 15) is 4.79 Å². The number of carbonyl (C=O) groups is 1. The Hall–Kier alpha value is -1.31. The third-order valence-electron chi connectivity index (χ3n) is 5.48. The largest absolute Gasteiger partial charge is 0.465 e. The molecule has 0 spiro atoms. The number of halogens is 3. The lowest BCUT2D eigenvalue weighted by molar-refractivity contribution is -0.149. The number of benzene rings is 1. The summed E-state index contributed by atoms with van der Waals surface area (Å²) in [6.45, 7) is 3.82. The van der Waals surface area contributed by atoms with Crippen LogP contribution in [0.1, 0.15) is 30.3 Å². The summed E-state index contributed by atoms with van der Waals surface area (Å²) in [6, 6.07) is 8.27. The topological polar surface area (TPSA) is 73.4 Å². The van der Waals surface area contributed by atoms with Crippen molar-refractivity contribution in [2.75, 3.05) is 19.7 Å². The number of hydrogen-bond donors (Lipinski definition) is 1. The smallest absolute Gasteiger partial charge is 0.323 e. The van der Waals surface area contributed by atoms with E-state index in [1.165, 1.54) is 16.9 Å². The summed E-state index contributed by atoms with van der Waals surface area (Å²) in [5.41, 5.74) is 10.8. The molecule has 3 heterocycles. The number of para-hydroxylation sites is 1. The van der Waals surface area contributed by atoms with Crippen LogP contribution >= 0.6 is 37.2 Å². The summed E-state index contributed by atoms with van der Waals surface area (Å²) >= 11 is 0. The molecule has 2 aliphatic rings. The van der Waals surface area contributed by atoms with Crippen LogP contribution in [0.2, 0.25) is 0 Å². The normalized spacial score (nSPS) is 18.3. The van der Waals surface area contributed by atoms with E-state index in [0.29, 0.717) is 13.0 Å². The molecule has 0 bridgehead atoms. The van der Waals surface area contributed by atoms with Crippen LogP contribution < -0.4 is 5.73 Å². The summed E-state index contributed by atoms with van der Waals surface area (Å²) in [4.78, 5) is 19.4. The van der Waals surface area contributed by atoms with Crippen molar-refractivity contribution in [3.8, 4) is 5.69 Å². The molecule has 1 aromatic carbocycles. The van der Waals surface area contributed by atoms with E-state index in [2.05, 4.69) is 38.7 Å². The van der Waals surface area contributed by atoms with Crippen LogP contribution in [0.3, 0.4) is 0 Å². The highest BCUT2D eigenvalue weighted by molar-refractivity contribution is 5.86. The molecule has 0 saturated carbocycles. The third-order valence-corrected chi connectivity index (χ3v) is 5.48. The van der Waals surface area contributed by atoms with Gasteiger partial charge in [-0.15, -0.1) is 37.2 Å². The van der Waals surface area contributed by atoms with Crippen molar-refractivity contribution < 1.29 is 9.53 Å². The second-order valence-corrected chi connectivity index (χ2v) is 7.15. The predicted octanol–water partition coefficient (Wildman–Crippen LogP) is 2.74. The Morgan fingerprint density at radius 1 is 1.28 bits per heavy atom. The standard InChI is InChI=1S/C20H26N4O2.3ClH/c1-2-26-20(25)19(23-10-9-15(21)12-23)11-16-18-8-7-14-5-3-4-6-17(14)24(18)13-22-16;;;/h3-6,13,15,19H,2,7-12,21H2,1H3;3*1H/t15-,19-;;;/m0.../s1. The molecule has 4 rings (SSSR count). The van der Waals surface area contributed by atoms with Crippen molar-refractivity contribution >= 4 is 43.2 Å². The van der Waals surface area contributed by atoms with Crippen LogP contribution in [0.4, 0.5) is 0 Å². The number of imidazole rings is 1. The number of nitrogens with zero attached hydrogens (tertiary/aromatic N) is 3. The van der Waals surface area contributed by atoms with Gasteiger partial charge < -0.3 is 15.0 Å². The van der Waals surface area contributed by atoms with Gasteiger partial charge in [0.15, 0.2) is 0 Å². The Morgan fingerprint density at radius 3 is 2.72 bits per heavy atom. The van der Waals surface area contributed by atoms with Gasteiger partial charge in [0.25, 0.3) is 0 Å². The quantitative estimate of drug-likeness (QED) is 0.690. The number of esters is 1. The number of nitrogens with two attached hydrogens (primary N) is 1. The van der Waals surface area contributed by atoms with E-state index in [1.807, 2.05) is 13.3 Å². The zero-order valence-corrected chi connectivity index (χ0v) is 18.9. The number of aryl methyl sites for hydroxylation is 1. The molecule has 1 saturated heterocycles. The fourth-order valence-corrected chi connectivity index (χ4v) is 4.15. The zero-order valence-electron chi connectivity index (χ0n) is 16.5. The SMILES string of the molecule is CCOC(=O)[C@H](Cc1ncn2c1CCc1ccccc1-2)N1CC[C@H](N)C1.Cl.Cl.Cl. The number of likely N-dealkylation sites (tertiary alicyclic amines) is 1. The first kappa shape index (κ1) is 25.7. The molecular formula is C20H29Cl3N4O2. The van der Waals surface area contributed by atoms with E-state index in [1.54, 1.807) is 0 Å². The average molecular weight is 464 g/mol. The molecular weight excluding hydrogens is 435 g/mol. The van der Waals surface area contributed by atoms with Crippen LogP contribution in [0, 0.1) is 0 Å². The van der Waals surface area contributed by atoms with Crippen molar-refractivity contribution in [1.29, 1.82) is 0 Å². The molecule has 162 valence electrons. The Kier molecular flexibility index (Phi) is 9.92. The van der Waals surface area contributed by atoms with Crippen molar-refractivity contribution in [2.24, 2.45) is 5.73 Å². The van der Waals surface area contributed by atoms with Gasteiger partial charge in [-0.2, -0.15) is 0 Å². The molecule has 0 aliphatic carbocycles. The fraction of sp³-hybridized carbons (Fsp3) is 0.500. The molecule has 6 nitrogen and oxygen atoms in total. The second kappa shape index (κ2) is 11.2. The lowest BCUT2D eigenvalue weighted by Crippen LogP contribution is -2.43. The lowest BCUT2D eigenvalue weighted by Gasteiger charge is -2.26. The monoisotopic (exact) mass is 462 g/mol. The molecule has 0 radical (unpaired) electrons. The number of carbonyl (C=O) groups excluding carboxylic acids is 1. The van der Waals surface area contributed by atoms with Gasteiger partial charge in [0.05, 0.1) is 18.6 Å². The number of hydrogen-bond acceptors (Lipinski definition) is 5. The van der Waals surface area contributed by atoms with E-state index in [4.69, 9.17) is 10.5 Å². The maximum Gasteiger partial charge on any atom is 0.323 e. The van der Waals surface area contributed by atoms with Crippen LogP contribution in [0.15, 0.2) is 30.6 Å². The van der Waals surface area contributed by atoms with Gasteiger partial charge in [-0.25, -0.2) is 4.98 Å². The maximum absolute atomic E-state index is 12.6. The minimum atomic E-state index is -0.305. The molecule has 9 heteroatoms. The summed E-state index contributed by atoms with van der Waals surface area (Å²) in [6.07, 6.45) is 5.34. The van der Waals surface area contributed by atoms with Crippen molar-refractivity contribution in [3.05, 3.63) is 47.5 Å². The van der Waals surface area contributed by atoms with Crippen LogP contribution in [0.25, 0.3) is 5.69 Å². The molecule has 1 fully saturated rings. The number of rotatable bonds is 5. The highest BCUT2D eigenvalue weighted by Crippen LogP contribution is 2.27. The molecule has 29 heavy (non-hydrogen) atoms. The first-order valence-electron chi connectivity index (χ1n) is 9.47. The van der Waals surface area contributed by atoms with E-state index in [-0.39, 0.29) is 55.3 Å². The van der Waals surface area contributed by atoms with Gasteiger partial charge in [0.1, 0.15) is 6.04 Å². The number of fused-ring (bicyclic) bond motifs is 3. The fourth-order valence-electron chi connectivity index (χ4n) is 4.15. The van der Waals surface area contributed by atoms with Gasteiger partial charge in [-0.1, -0.05) is 18.2 Å². The highest BCUT2D eigenvalue weighted by Gasteiger charge is 2.34. The first-order chi connectivity index (χ1) is 12.7. The number of aromatic nitrogens is 2. The van der Waals surface area contributed by atoms with Crippen LogP contribution in [0.5, 0.6) is 0 Å². The summed E-state index contributed by atoms with van der Waals surface area (Å²) in [5.74, 6) is -0.167. The van der Waals surface area contributed by atoms with E-state index >= 15 is 0 Å². The zero-order chi connectivity index (χ0) is 18.1. The summed E-state index contributed by atoms with van der Waals surface area (Å²) in [5, 5.41) is 0. The molecule has 2 aliphatic heterocycles. The van der Waals surface area contributed by atoms with Crippen LogP contribution in [-0.4, -0.2) is 52.2 Å². The average Bonchev–Trinajstić information content (AvgIpc) is 3.26. The van der Waals surface area contributed by atoms with Crippen molar-refractivity contribution in [3.63, 3.8) is 0 Å². The molecule has 0 unspecified atom stereocenters. The van der Waals surface area contributed by atoms with Gasteiger partial charge in [0.2, 0.25) is 0 Å². The summed E-state index contributed by atoms with van der Waals surface area (Å²) in [7, 11) is 0. The van der Waals surface area contributed by atoms with Crippen LogP contribution in [-0.2, 0) is 28.8 Å². The van der Waals surface area contributed by atoms with Crippen molar-refractivity contribution in [1.82, 2.24) is 14.5 Å². The first-order valence-corrected chi connectivity index (χ1v) is 9.47. The summed E-state index contributed by atoms with van der Waals surface area (Å²) < 4.78 is 7.52. The number of ether oxygens (including phenoxy) is 1. The predicted molar refractivity (Wildman–Crippen MR) is 121 cm³/mol. The third kappa shape index (κ3) is 5.25. The second-order valence-electron chi connectivity index (χ2n) is 7.15. The van der Waals surface area contributed by atoms with Gasteiger partial charge in [-0.05, 0) is 37.8 Å². The molecule has 1 aromatic heterocycles. The minimum absolute atomic E-state index is 0. The Balaban J connectivity index is 0.00000140. The Morgan fingerprint density at radius 2 is 2.03 bits per heavy atom. The van der Waals surface area contributed by atoms with Gasteiger partial charge in [-0.3, -0.25) is 9.69 Å². The Bertz CT molecular complexity index is 815. The molecule has 2 aromatic rings. The minimum Gasteiger partial charge on any atom is -0.465 e. The maximum atomic E-state index is 12.6. The van der Waals surface area contributed by atoms with Crippen molar-refractivity contribution in [2.45, 2.75) is 44.7 Å². The lowest BCUT2D eigenvalue weighted by atomic mass is 9.98. The van der Waals surface area contributed by atoms with E-state index < -0.39 is 0 Å². The molecule has 2 atom stereocenters. The van der Waals surface area contributed by atoms with Gasteiger partial charge >= 0.3 is 5.97 Å². The Labute approximate surface area is 190 Å². The molecule has 2 N–H and O–H groups in total.